The molecule has 1 aromatic heterocycles. The third-order valence-corrected chi connectivity index (χ3v) is 11.9. The Morgan fingerprint density at radius 3 is 2.50 bits per heavy atom. The molecule has 0 saturated carbocycles. The minimum absolute atomic E-state index is 0.00938. The number of fused-ring (bicyclic) bond motifs is 1. The number of urea groups is 2. The van der Waals surface area contributed by atoms with Gasteiger partial charge in [-0.05, 0) is 51.8 Å². The number of thiazole rings is 1. The fourth-order valence-electron chi connectivity index (χ4n) is 5.66. The molecule has 3 fully saturated rings. The van der Waals surface area contributed by atoms with Gasteiger partial charge in [0.15, 0.2) is 11.5 Å². The minimum Gasteiger partial charge on any atom is -0.479 e. The van der Waals surface area contributed by atoms with Crippen LogP contribution in [-0.2, 0) is 28.9 Å². The Bertz CT molecular complexity index is 1940. The van der Waals surface area contributed by atoms with Crippen LogP contribution in [0.5, 0.6) is 0 Å². The van der Waals surface area contributed by atoms with E-state index in [1.54, 1.807) is 26.0 Å². The molecule has 3 aliphatic rings. The lowest BCUT2D eigenvalue weighted by atomic mass is 9.90. The number of carbonyl (C=O) groups excluding carboxylic acids is 5. The zero-order valence-electron chi connectivity index (χ0n) is 29.6. The molecule has 22 heteroatoms. The average Bonchev–Trinajstić information content (AvgIpc) is 3.81. The molecule has 3 atom stereocenters. The van der Waals surface area contributed by atoms with E-state index in [9.17, 15) is 43.8 Å². The summed E-state index contributed by atoms with van der Waals surface area (Å²) in [4.78, 5) is 104. The minimum atomic E-state index is -1.94. The van der Waals surface area contributed by atoms with Gasteiger partial charge in [0.25, 0.3) is 5.91 Å². The van der Waals surface area contributed by atoms with Crippen molar-refractivity contribution in [2.45, 2.75) is 56.9 Å². The Morgan fingerprint density at radius 1 is 1.13 bits per heavy atom. The first kappa shape index (κ1) is 40.2. The van der Waals surface area contributed by atoms with Gasteiger partial charge in [-0.2, -0.15) is 0 Å². The van der Waals surface area contributed by atoms with Crippen molar-refractivity contribution in [2.24, 2.45) is 11.1 Å². The molecule has 0 aliphatic carbocycles. The number of Topliss-reactive ketones (excluding diaryl/α,β-unsaturated/α-hetero) is 1. The lowest BCUT2D eigenvalue weighted by Gasteiger charge is -2.40. The second-order valence-electron chi connectivity index (χ2n) is 13.0. The van der Waals surface area contributed by atoms with Crippen LogP contribution < -0.4 is 16.2 Å². The number of hydroxylamine groups is 1. The number of hydrazine groups is 1. The Labute approximate surface area is 321 Å². The third-order valence-electron chi connectivity index (χ3n) is 8.94. The number of aryl methyl sites for hydroxylation is 2. The Hall–Kier alpha value is -4.99. The molecule has 0 radical (unpaired) electrons. The average molecular weight is 809 g/mol. The fraction of sp³-hybridized carbons (Fsp3) is 0.469. The number of amides is 6. The summed E-state index contributed by atoms with van der Waals surface area (Å²) in [6, 6.07) is 1.57. The van der Waals surface area contributed by atoms with Crippen molar-refractivity contribution in [3.05, 3.63) is 49.9 Å². The van der Waals surface area contributed by atoms with Gasteiger partial charge >= 0.3 is 24.0 Å². The summed E-state index contributed by atoms with van der Waals surface area (Å²) in [5.41, 5.74) is 4.43. The Balaban J connectivity index is 1.16. The number of oxime groups is 1. The van der Waals surface area contributed by atoms with Gasteiger partial charge in [0, 0.05) is 24.9 Å². The topological polar surface area (TPSA) is 249 Å². The highest BCUT2D eigenvalue weighted by atomic mass is 35.5. The van der Waals surface area contributed by atoms with E-state index in [1.807, 2.05) is 6.92 Å². The quantitative estimate of drug-likeness (QED) is 0.0748. The number of β-lactam (4-membered cyclic amide) rings is 1. The van der Waals surface area contributed by atoms with Gasteiger partial charge in [-0.15, -0.1) is 11.3 Å². The number of benzene rings is 1. The van der Waals surface area contributed by atoms with Crippen molar-refractivity contribution in [3.8, 4) is 0 Å². The van der Waals surface area contributed by atoms with Crippen molar-refractivity contribution in [1.29, 1.82) is 0 Å². The lowest BCUT2D eigenvalue weighted by Crippen LogP contribution is -2.60. The molecule has 0 unspecified atom stereocenters. The molecule has 290 valence electrons. The largest absolute Gasteiger partial charge is 0.479 e. The molecule has 0 bridgehead atoms. The smallest absolute Gasteiger partial charge is 0.357 e. The van der Waals surface area contributed by atoms with Crippen LogP contribution in [0.1, 0.15) is 52.5 Å². The zero-order valence-corrected chi connectivity index (χ0v) is 32.0. The maximum Gasteiger partial charge on any atom is 0.357 e. The standard InChI is InChI=1S/C32H37ClN8O11S2/c1-15-6-7-18(22(33)16(15)2)24(43)34-8-11-51-38-29(49)36-41-10-9-40(30(41)50)32(28(47)48)14-39-25(44)19(26(39)54-32)12-21(42)23(20-13-53-17(3)35-20)37-52-31(4,5)27(45)46/h6-7,13,19,26H,8-12,14H2,1-5H3,(H,34,43)(H,45,46)(H,47,48)(H2,36,38,49)/b37-23-/t19-,26-,32-/m1/s1. The Kier molecular flexibility index (Phi) is 11.7. The molecule has 5 N–H and O–H groups in total. The van der Waals surface area contributed by atoms with Crippen LogP contribution in [0.4, 0.5) is 9.59 Å². The van der Waals surface area contributed by atoms with E-state index in [-0.39, 0.29) is 49.8 Å². The fourth-order valence-corrected chi connectivity index (χ4v) is 8.25. The first-order chi connectivity index (χ1) is 25.4. The SMILES string of the molecule is Cc1nc(/C(=N/OC(C)(C)C(=O)O)C(=O)C[C@@H]2C(=O)N3C[C@@](C(=O)O)(N4CCN(NC(=O)NOCCNC(=O)c5ccc(C)c(C)c5Cl)C4=O)S[C@H]23)cs1. The molecular formula is C32H37ClN8O11S2. The number of ketones is 1. The number of carbonyl (C=O) groups is 7. The monoisotopic (exact) mass is 808 g/mol. The van der Waals surface area contributed by atoms with E-state index >= 15 is 0 Å². The summed E-state index contributed by atoms with van der Waals surface area (Å²) in [5.74, 6) is -5.36. The van der Waals surface area contributed by atoms with E-state index in [0.29, 0.717) is 10.0 Å². The molecule has 54 heavy (non-hydrogen) atoms. The molecule has 2 aromatic rings. The van der Waals surface area contributed by atoms with Crippen LogP contribution >= 0.6 is 34.7 Å². The van der Waals surface area contributed by atoms with Crippen molar-refractivity contribution in [3.63, 3.8) is 0 Å². The number of thioether (sulfide) groups is 1. The second kappa shape index (κ2) is 15.8. The van der Waals surface area contributed by atoms with Crippen LogP contribution in [-0.4, -0.2) is 126 Å². The van der Waals surface area contributed by atoms with E-state index in [0.717, 1.165) is 32.8 Å². The number of carboxylic acids is 2. The number of nitrogens with zero attached hydrogens (tertiary/aromatic N) is 5. The van der Waals surface area contributed by atoms with E-state index in [1.165, 1.54) is 35.5 Å². The van der Waals surface area contributed by atoms with Gasteiger partial charge in [0.2, 0.25) is 16.4 Å². The van der Waals surface area contributed by atoms with Gasteiger partial charge < -0.3 is 25.3 Å². The lowest BCUT2D eigenvalue weighted by molar-refractivity contribution is -0.161. The van der Waals surface area contributed by atoms with Gasteiger partial charge in [0.05, 0.1) is 46.6 Å². The maximum atomic E-state index is 13.5. The molecule has 19 nitrogen and oxygen atoms in total. The molecule has 5 rings (SSSR count). The Morgan fingerprint density at radius 2 is 1.85 bits per heavy atom. The van der Waals surface area contributed by atoms with Crippen molar-refractivity contribution in [2.75, 3.05) is 32.8 Å². The number of halogens is 1. The third kappa shape index (κ3) is 7.93. The highest BCUT2D eigenvalue weighted by Crippen LogP contribution is 2.52. The molecule has 3 aliphatic heterocycles. The van der Waals surface area contributed by atoms with Crippen LogP contribution in [0, 0.1) is 26.7 Å². The van der Waals surface area contributed by atoms with Crippen LogP contribution in [0.25, 0.3) is 0 Å². The molecule has 4 heterocycles. The van der Waals surface area contributed by atoms with Gasteiger partial charge in [0.1, 0.15) is 5.69 Å². The molecule has 6 amide bonds. The zero-order chi connectivity index (χ0) is 39.7. The summed E-state index contributed by atoms with van der Waals surface area (Å²) in [7, 11) is 0. The maximum absolute atomic E-state index is 13.5. The molecule has 0 spiro atoms. The van der Waals surface area contributed by atoms with Gasteiger partial charge in [-0.25, -0.2) is 40.1 Å². The number of nitrogens with one attached hydrogen (secondary N) is 3. The van der Waals surface area contributed by atoms with Crippen molar-refractivity contribution < 1.29 is 53.4 Å². The first-order valence-electron chi connectivity index (χ1n) is 16.4. The van der Waals surface area contributed by atoms with Crippen molar-refractivity contribution >= 4 is 82.0 Å². The van der Waals surface area contributed by atoms with Crippen LogP contribution in [0.3, 0.4) is 0 Å². The number of hydrogen-bond acceptors (Lipinski definition) is 13. The number of aliphatic carboxylic acids is 2. The van der Waals surface area contributed by atoms with Crippen molar-refractivity contribution in [1.82, 2.24) is 36.0 Å². The van der Waals surface area contributed by atoms with Gasteiger partial charge in [-0.3, -0.25) is 24.1 Å². The number of hydrogen-bond donors (Lipinski definition) is 5. The normalized spacial score (nSPS) is 21.1. The number of aromatic nitrogens is 1. The summed E-state index contributed by atoms with van der Waals surface area (Å²) < 4.78 is 0. The molecule has 3 saturated heterocycles. The number of rotatable bonds is 15. The number of carboxylic acid groups (broad SMARTS) is 2. The van der Waals surface area contributed by atoms with Gasteiger partial charge in [-0.1, -0.05) is 34.6 Å². The van der Waals surface area contributed by atoms with Crippen LogP contribution in [0.2, 0.25) is 5.02 Å². The predicted molar refractivity (Wildman–Crippen MR) is 192 cm³/mol. The van der Waals surface area contributed by atoms with E-state index in [2.05, 4.69) is 26.4 Å². The summed E-state index contributed by atoms with van der Waals surface area (Å²) in [6.45, 7) is 7.11. The van der Waals surface area contributed by atoms with E-state index < -0.39 is 69.8 Å². The van der Waals surface area contributed by atoms with Crippen LogP contribution in [0.15, 0.2) is 22.7 Å². The summed E-state index contributed by atoms with van der Waals surface area (Å²) >= 11 is 8.31. The highest BCUT2D eigenvalue weighted by molar-refractivity contribution is 8.02. The predicted octanol–water partition coefficient (Wildman–Crippen LogP) is 1.89. The van der Waals surface area contributed by atoms with E-state index in [4.69, 9.17) is 21.3 Å². The highest BCUT2D eigenvalue weighted by Gasteiger charge is 2.66. The second-order valence-corrected chi connectivity index (χ2v) is 15.8. The first-order valence-corrected chi connectivity index (χ1v) is 18.5. The summed E-state index contributed by atoms with van der Waals surface area (Å²) in [5, 5.41) is 28.8. The molecule has 1 aromatic carbocycles. The summed E-state index contributed by atoms with van der Waals surface area (Å²) in [6.07, 6.45) is -0.417. The molecular weight excluding hydrogens is 772 g/mol.